The number of nitrogens with two attached hydrogens (primary N) is 1. The predicted molar refractivity (Wildman–Crippen MR) is 99.1 cm³/mol. The van der Waals surface area contributed by atoms with E-state index < -0.39 is 17.4 Å². The summed E-state index contributed by atoms with van der Waals surface area (Å²) in [5.74, 6) is -1.35. The van der Waals surface area contributed by atoms with Crippen LogP contribution in [-0.4, -0.2) is 66.2 Å². The number of hydrogen-bond donors (Lipinski definition) is 3. The maximum Gasteiger partial charge on any atom is 0.256 e. The van der Waals surface area contributed by atoms with Gasteiger partial charge in [-0.1, -0.05) is 6.07 Å². The first-order valence-corrected chi connectivity index (χ1v) is 8.96. The van der Waals surface area contributed by atoms with Crippen molar-refractivity contribution in [2.75, 3.05) is 26.8 Å². The number of benzene rings is 1. The number of methoxy groups -OCH3 is 1. The van der Waals surface area contributed by atoms with Crippen LogP contribution in [0.2, 0.25) is 0 Å². The number of nitrogens with zero attached hydrogens (tertiary/aromatic N) is 1. The fourth-order valence-corrected chi connectivity index (χ4v) is 3.21. The van der Waals surface area contributed by atoms with Crippen LogP contribution in [0.1, 0.15) is 46.9 Å². The largest absolute Gasteiger partial charge is 0.381 e. The van der Waals surface area contributed by atoms with E-state index >= 15 is 0 Å². The summed E-state index contributed by atoms with van der Waals surface area (Å²) in [5, 5.41) is 13.2. The summed E-state index contributed by atoms with van der Waals surface area (Å²) >= 11 is 0. The van der Waals surface area contributed by atoms with Crippen molar-refractivity contribution in [3.63, 3.8) is 0 Å². The van der Waals surface area contributed by atoms with Crippen molar-refractivity contribution in [2.45, 2.75) is 37.8 Å². The Bertz CT molecular complexity index is 704. The summed E-state index contributed by atoms with van der Waals surface area (Å²) in [6.45, 7) is 2.15. The normalized spacial score (nSPS) is 19.7. The fourth-order valence-electron chi connectivity index (χ4n) is 3.21. The van der Waals surface area contributed by atoms with Crippen molar-refractivity contribution < 1.29 is 24.2 Å². The molecule has 0 aromatic heterocycles. The van der Waals surface area contributed by atoms with Crippen molar-refractivity contribution in [3.8, 4) is 0 Å². The number of likely N-dealkylation sites (tertiary alicyclic amines) is 1. The van der Waals surface area contributed by atoms with Crippen LogP contribution in [0.4, 0.5) is 0 Å². The molecule has 0 aliphatic carbocycles. The molecule has 2 rings (SSSR count). The number of aliphatic hydroxyl groups is 1. The van der Waals surface area contributed by atoms with Crippen LogP contribution < -0.4 is 11.1 Å². The number of nitrogens with one attached hydrogen (secondary N) is 1. The molecule has 0 spiro atoms. The second-order valence-electron chi connectivity index (χ2n) is 7.07. The summed E-state index contributed by atoms with van der Waals surface area (Å²) < 4.78 is 4.92. The highest BCUT2D eigenvalue weighted by molar-refractivity contribution is 5.99. The van der Waals surface area contributed by atoms with E-state index in [0.717, 1.165) is 19.3 Å². The van der Waals surface area contributed by atoms with Gasteiger partial charge in [-0.15, -0.1) is 0 Å². The summed E-state index contributed by atoms with van der Waals surface area (Å²) in [5.41, 5.74) is 4.24. The van der Waals surface area contributed by atoms with Gasteiger partial charge in [0.15, 0.2) is 5.60 Å². The second kappa shape index (κ2) is 8.96. The minimum atomic E-state index is -1.61. The SMILES string of the molecule is COCC(C)(O)C(=O)N1CCCCC(NC(=O)c2cccc(C(N)=O)c2)C1. The molecule has 0 bridgehead atoms. The first-order chi connectivity index (χ1) is 12.7. The van der Waals surface area contributed by atoms with Gasteiger partial charge in [0.05, 0.1) is 6.61 Å². The number of rotatable bonds is 6. The van der Waals surface area contributed by atoms with E-state index in [4.69, 9.17) is 10.5 Å². The van der Waals surface area contributed by atoms with E-state index in [1.807, 2.05) is 0 Å². The molecule has 1 aromatic carbocycles. The average Bonchev–Trinajstić information content (AvgIpc) is 2.86. The molecule has 27 heavy (non-hydrogen) atoms. The van der Waals surface area contributed by atoms with Crippen molar-refractivity contribution >= 4 is 17.7 Å². The van der Waals surface area contributed by atoms with Gasteiger partial charge in [-0.2, -0.15) is 0 Å². The third kappa shape index (κ3) is 5.51. The molecule has 2 unspecified atom stereocenters. The van der Waals surface area contributed by atoms with Gasteiger partial charge < -0.3 is 25.8 Å². The van der Waals surface area contributed by atoms with Crippen LogP contribution >= 0.6 is 0 Å². The minimum absolute atomic E-state index is 0.0979. The van der Waals surface area contributed by atoms with Gasteiger partial charge in [0, 0.05) is 37.4 Å². The number of hydrogen-bond acceptors (Lipinski definition) is 5. The van der Waals surface area contributed by atoms with Crippen molar-refractivity contribution in [2.24, 2.45) is 5.73 Å². The lowest BCUT2D eigenvalue weighted by atomic mass is 10.1. The molecule has 1 aliphatic heterocycles. The lowest BCUT2D eigenvalue weighted by Gasteiger charge is -2.31. The lowest BCUT2D eigenvalue weighted by molar-refractivity contribution is -0.154. The number of carbonyl (C=O) groups is 3. The smallest absolute Gasteiger partial charge is 0.256 e. The van der Waals surface area contributed by atoms with Crippen LogP contribution in [0.3, 0.4) is 0 Å². The van der Waals surface area contributed by atoms with Crippen LogP contribution in [0.5, 0.6) is 0 Å². The van der Waals surface area contributed by atoms with Gasteiger partial charge in [0.2, 0.25) is 5.91 Å². The Hall–Kier alpha value is -2.45. The Kier molecular flexibility index (Phi) is 6.92. The zero-order valence-corrected chi connectivity index (χ0v) is 15.7. The van der Waals surface area contributed by atoms with Gasteiger partial charge in [0.25, 0.3) is 11.8 Å². The molecular weight excluding hydrogens is 350 g/mol. The van der Waals surface area contributed by atoms with E-state index in [2.05, 4.69) is 5.32 Å². The molecule has 8 heteroatoms. The number of carbonyl (C=O) groups excluding carboxylic acids is 3. The zero-order valence-electron chi connectivity index (χ0n) is 15.7. The van der Waals surface area contributed by atoms with Crippen LogP contribution in [-0.2, 0) is 9.53 Å². The quantitative estimate of drug-likeness (QED) is 0.658. The summed E-state index contributed by atoms with van der Waals surface area (Å²) in [7, 11) is 1.42. The van der Waals surface area contributed by atoms with Crippen molar-refractivity contribution in [1.29, 1.82) is 0 Å². The standard InChI is InChI=1S/C19H27N3O5/c1-19(26,12-27-2)18(25)22-9-4-3-8-15(11-22)21-17(24)14-7-5-6-13(10-14)16(20)23/h5-7,10,15,26H,3-4,8-9,11-12H2,1-2H3,(H2,20,23)(H,21,24). The molecule has 8 nitrogen and oxygen atoms in total. The average molecular weight is 377 g/mol. The molecule has 0 radical (unpaired) electrons. The molecule has 1 heterocycles. The minimum Gasteiger partial charge on any atom is -0.381 e. The van der Waals surface area contributed by atoms with Crippen molar-refractivity contribution in [1.82, 2.24) is 10.2 Å². The molecule has 1 aromatic rings. The third-order valence-electron chi connectivity index (χ3n) is 4.59. The van der Waals surface area contributed by atoms with E-state index in [1.54, 1.807) is 23.1 Å². The van der Waals surface area contributed by atoms with Crippen LogP contribution in [0.25, 0.3) is 0 Å². The van der Waals surface area contributed by atoms with E-state index in [0.29, 0.717) is 18.7 Å². The Morgan fingerprint density at radius 1 is 1.33 bits per heavy atom. The number of primary amides is 1. The van der Waals surface area contributed by atoms with E-state index in [9.17, 15) is 19.5 Å². The first-order valence-electron chi connectivity index (χ1n) is 8.96. The molecule has 1 saturated heterocycles. The Labute approximate surface area is 158 Å². The summed E-state index contributed by atoms with van der Waals surface area (Å²) in [6, 6.07) is 5.94. The van der Waals surface area contributed by atoms with Gasteiger partial charge in [-0.3, -0.25) is 14.4 Å². The number of ether oxygens (including phenoxy) is 1. The highest BCUT2D eigenvalue weighted by Gasteiger charge is 2.36. The Balaban J connectivity index is 2.07. The Morgan fingerprint density at radius 2 is 2.04 bits per heavy atom. The van der Waals surface area contributed by atoms with Gasteiger partial charge >= 0.3 is 0 Å². The molecule has 2 atom stereocenters. The molecule has 1 fully saturated rings. The second-order valence-corrected chi connectivity index (χ2v) is 7.07. The van der Waals surface area contributed by atoms with Gasteiger partial charge in [0.1, 0.15) is 0 Å². The first kappa shape index (κ1) is 20.9. The summed E-state index contributed by atoms with van der Waals surface area (Å²) in [6.07, 6.45) is 2.36. The van der Waals surface area contributed by atoms with E-state index in [-0.39, 0.29) is 24.1 Å². The highest BCUT2D eigenvalue weighted by Crippen LogP contribution is 2.17. The highest BCUT2D eigenvalue weighted by atomic mass is 16.5. The zero-order chi connectivity index (χ0) is 20.0. The maximum atomic E-state index is 12.6. The molecule has 0 saturated carbocycles. The van der Waals surface area contributed by atoms with Crippen LogP contribution in [0, 0.1) is 0 Å². The van der Waals surface area contributed by atoms with E-state index in [1.165, 1.54) is 20.1 Å². The maximum absolute atomic E-state index is 12.6. The third-order valence-corrected chi connectivity index (χ3v) is 4.59. The Morgan fingerprint density at radius 3 is 2.70 bits per heavy atom. The monoisotopic (exact) mass is 377 g/mol. The fraction of sp³-hybridized carbons (Fsp3) is 0.526. The molecule has 4 N–H and O–H groups in total. The number of amides is 3. The summed E-state index contributed by atoms with van der Waals surface area (Å²) in [4.78, 5) is 38.0. The lowest BCUT2D eigenvalue weighted by Crippen LogP contribution is -2.53. The van der Waals surface area contributed by atoms with Crippen molar-refractivity contribution in [3.05, 3.63) is 35.4 Å². The topological polar surface area (TPSA) is 122 Å². The molecule has 148 valence electrons. The predicted octanol–water partition coefficient (Wildman–Crippen LogP) is 0.294. The molecule has 3 amide bonds. The molecular formula is C19H27N3O5. The van der Waals surface area contributed by atoms with Crippen LogP contribution in [0.15, 0.2) is 24.3 Å². The van der Waals surface area contributed by atoms with Gasteiger partial charge in [-0.25, -0.2) is 0 Å². The molecule has 1 aliphatic rings. The van der Waals surface area contributed by atoms with Gasteiger partial charge in [-0.05, 0) is 44.4 Å².